The van der Waals surface area contributed by atoms with Gasteiger partial charge in [0.15, 0.2) is 5.65 Å². The van der Waals surface area contributed by atoms with E-state index in [1.807, 2.05) is 63.4 Å². The highest BCUT2D eigenvalue weighted by molar-refractivity contribution is 5.92. The zero-order valence-electron chi connectivity index (χ0n) is 21.4. The van der Waals surface area contributed by atoms with Crippen molar-refractivity contribution < 1.29 is 9.59 Å². The van der Waals surface area contributed by atoms with Gasteiger partial charge in [-0.15, -0.1) is 5.10 Å². The van der Waals surface area contributed by atoms with E-state index in [4.69, 9.17) is 0 Å². The number of hydrogen-bond donors (Lipinski definition) is 0. The van der Waals surface area contributed by atoms with Gasteiger partial charge in [-0.2, -0.15) is 0 Å². The molecule has 2 fully saturated rings. The third-order valence-electron chi connectivity index (χ3n) is 6.93. The molecule has 2 aliphatic rings. The smallest absolute Gasteiger partial charge is 0.293 e. The summed E-state index contributed by atoms with van der Waals surface area (Å²) in [7, 11) is 0. The van der Waals surface area contributed by atoms with E-state index in [1.54, 1.807) is 9.42 Å². The third kappa shape index (κ3) is 5.89. The Morgan fingerprint density at radius 1 is 1.00 bits per heavy atom. The third-order valence-corrected chi connectivity index (χ3v) is 6.93. The maximum absolute atomic E-state index is 13.1. The summed E-state index contributed by atoms with van der Waals surface area (Å²) in [5.41, 5.74) is 2.86. The predicted octanol–water partition coefficient (Wildman–Crippen LogP) is 4.65. The number of aromatic nitrogens is 3. The maximum atomic E-state index is 13.1. The number of ketones is 1. The molecule has 0 bridgehead atoms. The summed E-state index contributed by atoms with van der Waals surface area (Å²) in [6.07, 6.45) is 4.88. The second-order valence-electron chi connectivity index (χ2n) is 10.2. The molecule has 7 heteroatoms. The van der Waals surface area contributed by atoms with Crippen LogP contribution in [0.2, 0.25) is 0 Å². The summed E-state index contributed by atoms with van der Waals surface area (Å²) in [6.45, 7) is 11.4. The van der Waals surface area contributed by atoms with Crippen LogP contribution >= 0.6 is 0 Å². The fourth-order valence-corrected chi connectivity index (χ4v) is 4.96. The number of rotatable bonds is 4. The van der Waals surface area contributed by atoms with E-state index in [0.29, 0.717) is 19.0 Å². The first-order chi connectivity index (χ1) is 16.8. The number of pyridine rings is 1. The zero-order chi connectivity index (χ0) is 24.9. The quantitative estimate of drug-likeness (QED) is 0.549. The number of nitrogens with zero attached hydrogens (tertiary/aromatic N) is 5. The van der Waals surface area contributed by atoms with E-state index in [9.17, 15) is 9.59 Å². The average molecular weight is 476 g/mol. The number of hydrogen-bond acceptors (Lipinski definition) is 5. The van der Waals surface area contributed by atoms with Crippen molar-refractivity contribution in [2.75, 3.05) is 31.1 Å². The Labute approximate surface area is 208 Å². The first-order valence-corrected chi connectivity index (χ1v) is 12.8. The fourth-order valence-electron chi connectivity index (χ4n) is 4.96. The van der Waals surface area contributed by atoms with Gasteiger partial charge in [-0.25, -0.2) is 9.50 Å². The summed E-state index contributed by atoms with van der Waals surface area (Å²) >= 11 is 0. The van der Waals surface area contributed by atoms with Crippen molar-refractivity contribution in [3.05, 3.63) is 60.0 Å². The Kier molecular flexibility index (Phi) is 7.83. The number of fused-ring (bicyclic) bond motifs is 1. The standard InChI is InChI=1S/C22H31N5O2.C6H6/c1-14(2)19(28)17-6-5-8-26(12-17)22(29)20-23-21-16(4)10-18(13-27(21)24-20)25-9-7-15(3)11-25;1-2-4-6-5-3-1/h10,13-15,17H,5-9,11-12H2,1-4H3;1-6H/t15-,17?;/m1./s1. The summed E-state index contributed by atoms with van der Waals surface area (Å²) in [5, 5.41) is 4.51. The molecule has 3 aromatic rings. The highest BCUT2D eigenvalue weighted by Gasteiger charge is 2.31. The van der Waals surface area contributed by atoms with Gasteiger partial charge in [0.1, 0.15) is 5.78 Å². The normalized spacial score (nSPS) is 20.1. The van der Waals surface area contributed by atoms with E-state index in [1.165, 1.54) is 6.42 Å². The lowest BCUT2D eigenvalue weighted by Crippen LogP contribution is -2.43. The van der Waals surface area contributed by atoms with Crippen LogP contribution in [0.4, 0.5) is 5.69 Å². The number of aryl methyl sites for hydroxylation is 1. The Morgan fingerprint density at radius 2 is 1.69 bits per heavy atom. The lowest BCUT2D eigenvalue weighted by atomic mass is 9.88. The van der Waals surface area contributed by atoms with Crippen molar-refractivity contribution >= 4 is 23.0 Å². The molecular formula is C28H37N5O2. The van der Waals surface area contributed by atoms with Crippen molar-refractivity contribution in [1.82, 2.24) is 19.5 Å². The monoisotopic (exact) mass is 475 g/mol. The van der Waals surface area contributed by atoms with Crippen molar-refractivity contribution in [2.45, 2.75) is 47.0 Å². The highest BCUT2D eigenvalue weighted by Crippen LogP contribution is 2.26. The Morgan fingerprint density at radius 3 is 2.29 bits per heavy atom. The molecule has 2 aliphatic heterocycles. The number of benzene rings is 1. The average Bonchev–Trinajstić information content (AvgIpc) is 3.51. The molecule has 0 spiro atoms. The van der Waals surface area contributed by atoms with Crippen molar-refractivity contribution in [1.29, 1.82) is 0 Å². The van der Waals surface area contributed by atoms with Crippen LogP contribution in [-0.2, 0) is 4.79 Å². The molecular weight excluding hydrogens is 438 g/mol. The lowest BCUT2D eigenvalue weighted by Gasteiger charge is -2.32. The zero-order valence-corrected chi connectivity index (χ0v) is 21.4. The number of likely N-dealkylation sites (tertiary alicyclic amines) is 1. The first-order valence-electron chi connectivity index (χ1n) is 12.8. The van der Waals surface area contributed by atoms with Crippen LogP contribution in [0.15, 0.2) is 48.7 Å². The molecule has 35 heavy (non-hydrogen) atoms. The van der Waals surface area contributed by atoms with Crippen LogP contribution in [0.25, 0.3) is 5.65 Å². The number of anilines is 1. The van der Waals surface area contributed by atoms with Crippen molar-refractivity contribution in [3.8, 4) is 0 Å². The number of piperidine rings is 1. The fraction of sp³-hybridized carbons (Fsp3) is 0.500. The molecule has 186 valence electrons. The molecule has 0 saturated carbocycles. The van der Waals surface area contributed by atoms with E-state index in [-0.39, 0.29) is 29.4 Å². The highest BCUT2D eigenvalue weighted by atomic mass is 16.2. The summed E-state index contributed by atoms with van der Waals surface area (Å²) in [4.78, 5) is 34.1. The molecule has 2 atom stereocenters. The van der Waals surface area contributed by atoms with Gasteiger partial charge in [-0.1, -0.05) is 57.2 Å². The van der Waals surface area contributed by atoms with Gasteiger partial charge >= 0.3 is 0 Å². The Balaban J connectivity index is 0.000000421. The molecule has 2 aromatic heterocycles. The van der Waals surface area contributed by atoms with Gasteiger partial charge in [0.05, 0.1) is 11.9 Å². The van der Waals surface area contributed by atoms with E-state index in [0.717, 1.165) is 42.8 Å². The van der Waals surface area contributed by atoms with Gasteiger partial charge in [-0.05, 0) is 43.7 Å². The predicted molar refractivity (Wildman–Crippen MR) is 139 cm³/mol. The van der Waals surface area contributed by atoms with Crippen LogP contribution < -0.4 is 4.90 Å². The Bertz CT molecular complexity index is 1130. The molecule has 5 rings (SSSR count). The van der Waals surface area contributed by atoms with Gasteiger partial charge in [-0.3, -0.25) is 9.59 Å². The number of Topliss-reactive ketones (excluding diaryl/α,β-unsaturated/α-hetero) is 1. The van der Waals surface area contributed by atoms with Crippen LogP contribution in [0.1, 0.15) is 56.2 Å². The van der Waals surface area contributed by atoms with Gasteiger partial charge in [0, 0.05) is 38.0 Å². The van der Waals surface area contributed by atoms with Gasteiger partial charge in [0.2, 0.25) is 5.82 Å². The minimum absolute atomic E-state index is 0.00209. The second-order valence-corrected chi connectivity index (χ2v) is 10.2. The van der Waals surface area contributed by atoms with Crippen molar-refractivity contribution in [3.63, 3.8) is 0 Å². The number of amides is 1. The number of carbonyl (C=O) groups is 2. The second kappa shape index (κ2) is 11.0. The van der Waals surface area contributed by atoms with Crippen LogP contribution in [0.5, 0.6) is 0 Å². The summed E-state index contributed by atoms with van der Waals surface area (Å²) in [6, 6.07) is 14.1. The van der Waals surface area contributed by atoms with Crippen molar-refractivity contribution in [2.24, 2.45) is 17.8 Å². The molecule has 1 aromatic carbocycles. The molecule has 0 aliphatic carbocycles. The molecule has 0 radical (unpaired) electrons. The van der Waals surface area contributed by atoms with Gasteiger partial charge in [0.25, 0.3) is 5.91 Å². The minimum Gasteiger partial charge on any atom is -0.370 e. The summed E-state index contributed by atoms with van der Waals surface area (Å²) in [5.74, 6) is 0.904. The Hall–Kier alpha value is -3.22. The SMILES string of the molecule is Cc1cc(N2CC[C@@H](C)C2)cn2nc(C(=O)N3CCCC(C(=O)C(C)C)C3)nc12.c1ccccc1. The molecule has 0 N–H and O–H groups in total. The molecule has 7 nitrogen and oxygen atoms in total. The van der Waals surface area contributed by atoms with E-state index >= 15 is 0 Å². The molecule has 1 unspecified atom stereocenters. The van der Waals surface area contributed by atoms with E-state index < -0.39 is 0 Å². The van der Waals surface area contributed by atoms with Crippen LogP contribution in [-0.4, -0.2) is 57.4 Å². The lowest BCUT2D eigenvalue weighted by molar-refractivity contribution is -0.127. The van der Waals surface area contributed by atoms with Crippen LogP contribution in [0.3, 0.4) is 0 Å². The topological polar surface area (TPSA) is 70.8 Å². The molecule has 4 heterocycles. The molecule has 2 saturated heterocycles. The van der Waals surface area contributed by atoms with E-state index in [2.05, 4.69) is 28.0 Å². The van der Waals surface area contributed by atoms with Crippen LogP contribution in [0, 0.1) is 24.7 Å². The largest absolute Gasteiger partial charge is 0.370 e. The number of carbonyl (C=O) groups excluding carboxylic acids is 2. The van der Waals surface area contributed by atoms with Gasteiger partial charge < -0.3 is 9.80 Å². The maximum Gasteiger partial charge on any atom is 0.293 e. The first kappa shape index (κ1) is 24.9. The minimum atomic E-state index is -0.175. The molecule has 1 amide bonds. The summed E-state index contributed by atoms with van der Waals surface area (Å²) < 4.78 is 1.74.